The Kier molecular flexibility index (Phi) is 7.58. The Morgan fingerprint density at radius 3 is 2.12 bits per heavy atom. The first-order valence-electron chi connectivity index (χ1n) is 12.0. The third-order valence-electron chi connectivity index (χ3n) is 7.10. The molecule has 3 aromatic carbocycles. The number of primary amides is 1. The van der Waals surface area contributed by atoms with Crippen LogP contribution in [0.5, 0.6) is 0 Å². The summed E-state index contributed by atoms with van der Waals surface area (Å²) >= 11 is 0. The summed E-state index contributed by atoms with van der Waals surface area (Å²) in [6.07, 6.45) is 3.01. The predicted octanol–water partition coefficient (Wildman–Crippen LogP) is 3.78. The largest absolute Gasteiger partial charge is 0.369 e. The van der Waals surface area contributed by atoms with Gasteiger partial charge in [-0.25, -0.2) is 0 Å². The van der Waals surface area contributed by atoms with Crippen LogP contribution in [0.4, 0.5) is 0 Å². The molecule has 33 heavy (non-hydrogen) atoms. The summed E-state index contributed by atoms with van der Waals surface area (Å²) in [7, 11) is 1.99. The van der Waals surface area contributed by atoms with Gasteiger partial charge in [-0.15, -0.1) is 0 Å². The van der Waals surface area contributed by atoms with Crippen molar-refractivity contribution in [3.63, 3.8) is 0 Å². The van der Waals surface area contributed by atoms with Crippen molar-refractivity contribution >= 4 is 5.91 Å². The van der Waals surface area contributed by atoms with Gasteiger partial charge < -0.3 is 16.0 Å². The number of likely N-dealkylation sites (tertiary alicyclic amines) is 1. The number of carbonyl (C=O) groups excluding carboxylic acids is 1. The lowest BCUT2D eigenvalue weighted by atomic mass is 9.64. The van der Waals surface area contributed by atoms with Crippen molar-refractivity contribution in [2.45, 2.75) is 24.7 Å². The Morgan fingerprint density at radius 1 is 0.939 bits per heavy atom. The zero-order valence-electron chi connectivity index (χ0n) is 19.5. The zero-order valence-corrected chi connectivity index (χ0v) is 19.5. The molecule has 1 aliphatic heterocycles. The van der Waals surface area contributed by atoms with E-state index in [1.165, 1.54) is 11.1 Å². The molecule has 172 valence electrons. The van der Waals surface area contributed by atoms with Crippen LogP contribution in [0.3, 0.4) is 0 Å². The number of rotatable bonds is 10. The van der Waals surface area contributed by atoms with Crippen LogP contribution in [-0.4, -0.2) is 44.0 Å². The molecule has 0 saturated carbocycles. The minimum absolute atomic E-state index is 0.141. The van der Waals surface area contributed by atoms with E-state index in [0.717, 1.165) is 56.6 Å². The van der Waals surface area contributed by atoms with E-state index in [-0.39, 0.29) is 11.8 Å². The fourth-order valence-corrected chi connectivity index (χ4v) is 5.41. The average Bonchev–Trinajstić information content (AvgIpc) is 3.32. The highest BCUT2D eigenvalue weighted by atomic mass is 16.1. The van der Waals surface area contributed by atoms with Crippen LogP contribution in [0.2, 0.25) is 0 Å². The number of benzene rings is 3. The van der Waals surface area contributed by atoms with Crippen molar-refractivity contribution < 1.29 is 4.79 Å². The first-order valence-corrected chi connectivity index (χ1v) is 12.0. The van der Waals surface area contributed by atoms with Gasteiger partial charge in [-0.1, -0.05) is 84.9 Å². The lowest BCUT2D eigenvalue weighted by Crippen LogP contribution is -2.49. The SMILES string of the molecule is CNCCc1cccc(CCN2CC[C@@H](C(C(N)=O)(c3ccccc3)c3ccccc3)C2)c1. The van der Waals surface area contributed by atoms with Gasteiger partial charge in [-0.2, -0.15) is 0 Å². The summed E-state index contributed by atoms with van der Waals surface area (Å²) in [5, 5.41) is 3.22. The zero-order chi connectivity index (χ0) is 23.1. The van der Waals surface area contributed by atoms with Crippen LogP contribution >= 0.6 is 0 Å². The number of likely N-dealkylation sites (N-methyl/N-ethyl adjacent to an activating group) is 1. The highest BCUT2D eigenvalue weighted by molar-refractivity contribution is 5.91. The van der Waals surface area contributed by atoms with E-state index in [4.69, 9.17) is 5.73 Å². The van der Waals surface area contributed by atoms with Crippen LogP contribution in [0.15, 0.2) is 84.9 Å². The first kappa shape index (κ1) is 23.2. The number of hydrogen-bond donors (Lipinski definition) is 2. The molecule has 1 heterocycles. The van der Waals surface area contributed by atoms with Crippen LogP contribution in [0, 0.1) is 5.92 Å². The van der Waals surface area contributed by atoms with Crippen molar-refractivity contribution in [2.75, 3.05) is 33.2 Å². The minimum Gasteiger partial charge on any atom is -0.369 e. The second-order valence-electron chi connectivity index (χ2n) is 9.11. The highest BCUT2D eigenvalue weighted by Gasteiger charge is 2.49. The predicted molar refractivity (Wildman–Crippen MR) is 135 cm³/mol. The second kappa shape index (κ2) is 10.8. The Morgan fingerprint density at radius 2 is 1.55 bits per heavy atom. The molecule has 1 amide bonds. The van der Waals surface area contributed by atoms with Gasteiger partial charge in [-0.3, -0.25) is 4.79 Å². The quantitative estimate of drug-likeness (QED) is 0.503. The third-order valence-corrected chi connectivity index (χ3v) is 7.10. The molecule has 0 aromatic heterocycles. The monoisotopic (exact) mass is 441 g/mol. The van der Waals surface area contributed by atoms with Gasteiger partial charge in [-0.05, 0) is 67.6 Å². The molecule has 0 radical (unpaired) electrons. The maximum absolute atomic E-state index is 13.2. The number of nitrogens with zero attached hydrogens (tertiary/aromatic N) is 1. The standard InChI is InChI=1S/C29H35N3O/c1-31-18-15-23-9-8-10-24(21-23)16-19-32-20-17-27(22-32)29(28(30)33,25-11-4-2-5-12-25)26-13-6-3-7-14-26/h2-14,21,27,31H,15-20,22H2,1H3,(H2,30,33)/t27-/m1/s1. The van der Waals surface area contributed by atoms with Crippen LogP contribution in [0.1, 0.15) is 28.7 Å². The van der Waals surface area contributed by atoms with E-state index >= 15 is 0 Å². The molecule has 0 unspecified atom stereocenters. The molecule has 1 atom stereocenters. The molecule has 4 heteroatoms. The number of nitrogens with two attached hydrogens (primary N) is 1. The van der Waals surface area contributed by atoms with Crippen LogP contribution < -0.4 is 11.1 Å². The van der Waals surface area contributed by atoms with Crippen molar-refractivity contribution in [3.05, 3.63) is 107 Å². The Balaban J connectivity index is 1.53. The Hall–Kier alpha value is -2.95. The van der Waals surface area contributed by atoms with E-state index in [2.05, 4.69) is 58.7 Å². The maximum Gasteiger partial charge on any atom is 0.232 e. The van der Waals surface area contributed by atoms with Gasteiger partial charge in [0.2, 0.25) is 5.91 Å². The summed E-state index contributed by atoms with van der Waals surface area (Å²) in [6.45, 7) is 3.83. The van der Waals surface area contributed by atoms with Gasteiger partial charge in [0.15, 0.2) is 0 Å². The minimum atomic E-state index is -0.815. The summed E-state index contributed by atoms with van der Waals surface area (Å²) in [5.74, 6) is -0.120. The Bertz CT molecular complexity index is 996. The molecule has 3 N–H and O–H groups in total. The molecule has 1 fully saturated rings. The second-order valence-corrected chi connectivity index (χ2v) is 9.11. The first-order chi connectivity index (χ1) is 16.1. The van der Waals surface area contributed by atoms with Crippen molar-refractivity contribution in [2.24, 2.45) is 11.7 Å². The number of nitrogens with one attached hydrogen (secondary N) is 1. The van der Waals surface area contributed by atoms with Gasteiger partial charge in [0.25, 0.3) is 0 Å². The molecular weight excluding hydrogens is 406 g/mol. The van der Waals surface area contributed by atoms with Crippen molar-refractivity contribution in [1.29, 1.82) is 0 Å². The lowest BCUT2D eigenvalue weighted by molar-refractivity contribution is -0.123. The normalized spacial score (nSPS) is 16.7. The summed E-state index contributed by atoms with van der Waals surface area (Å²) in [4.78, 5) is 15.7. The highest BCUT2D eigenvalue weighted by Crippen LogP contribution is 2.43. The van der Waals surface area contributed by atoms with Gasteiger partial charge in [0.05, 0.1) is 0 Å². The molecule has 0 bridgehead atoms. The summed E-state index contributed by atoms with van der Waals surface area (Å²) in [5.41, 5.74) is 10.1. The maximum atomic E-state index is 13.2. The third kappa shape index (κ3) is 5.02. The van der Waals surface area contributed by atoms with E-state index < -0.39 is 5.41 Å². The molecule has 4 rings (SSSR count). The smallest absolute Gasteiger partial charge is 0.232 e. The van der Waals surface area contributed by atoms with Crippen molar-refractivity contribution in [1.82, 2.24) is 10.2 Å². The van der Waals surface area contributed by atoms with Gasteiger partial charge in [0.1, 0.15) is 5.41 Å². The molecule has 0 spiro atoms. The molecule has 3 aromatic rings. The molecule has 0 aliphatic carbocycles. The van der Waals surface area contributed by atoms with E-state index in [1.54, 1.807) is 0 Å². The number of hydrogen-bond acceptors (Lipinski definition) is 3. The fraction of sp³-hybridized carbons (Fsp3) is 0.345. The van der Waals surface area contributed by atoms with Crippen LogP contribution in [-0.2, 0) is 23.1 Å². The molecular formula is C29H35N3O. The lowest BCUT2D eigenvalue weighted by Gasteiger charge is -2.37. The Labute approximate surface area is 197 Å². The average molecular weight is 442 g/mol. The fourth-order valence-electron chi connectivity index (χ4n) is 5.41. The van der Waals surface area contributed by atoms with E-state index in [9.17, 15) is 4.79 Å². The van der Waals surface area contributed by atoms with Gasteiger partial charge >= 0.3 is 0 Å². The summed E-state index contributed by atoms with van der Waals surface area (Å²) < 4.78 is 0. The number of amides is 1. The van der Waals surface area contributed by atoms with Crippen molar-refractivity contribution in [3.8, 4) is 0 Å². The molecule has 1 saturated heterocycles. The van der Waals surface area contributed by atoms with E-state index in [1.807, 2.05) is 43.4 Å². The molecule has 4 nitrogen and oxygen atoms in total. The van der Waals surface area contributed by atoms with Gasteiger partial charge in [0, 0.05) is 13.1 Å². The molecule has 1 aliphatic rings. The topological polar surface area (TPSA) is 58.4 Å². The number of carbonyl (C=O) groups is 1. The van der Waals surface area contributed by atoms with Crippen LogP contribution in [0.25, 0.3) is 0 Å². The van der Waals surface area contributed by atoms with E-state index in [0.29, 0.717) is 0 Å². The summed E-state index contributed by atoms with van der Waals surface area (Å²) in [6, 6.07) is 29.1.